The zero-order valence-electron chi connectivity index (χ0n) is 10.9. The van der Waals surface area contributed by atoms with E-state index in [0.29, 0.717) is 18.9 Å². The molecule has 1 amide bonds. The molecule has 0 radical (unpaired) electrons. The number of nitrogens with two attached hydrogens (primary N) is 1. The van der Waals surface area contributed by atoms with Crippen LogP contribution in [0.1, 0.15) is 52.9 Å². The van der Waals surface area contributed by atoms with Crippen LogP contribution in [0.25, 0.3) is 0 Å². The molecule has 0 saturated heterocycles. The molecule has 0 aromatic carbocycles. The Morgan fingerprint density at radius 2 is 2.06 bits per heavy atom. The summed E-state index contributed by atoms with van der Waals surface area (Å²) in [5, 5.41) is 2.94. The van der Waals surface area contributed by atoms with Crippen LogP contribution in [0.5, 0.6) is 0 Å². The summed E-state index contributed by atoms with van der Waals surface area (Å²) in [5.41, 5.74) is 6.20. The van der Waals surface area contributed by atoms with E-state index < -0.39 is 0 Å². The largest absolute Gasteiger partial charge is 0.355 e. The predicted molar refractivity (Wildman–Crippen MR) is 67.0 cm³/mol. The Morgan fingerprint density at radius 1 is 1.44 bits per heavy atom. The third-order valence-electron chi connectivity index (χ3n) is 3.13. The van der Waals surface area contributed by atoms with Crippen molar-refractivity contribution in [1.29, 1.82) is 0 Å². The van der Waals surface area contributed by atoms with Gasteiger partial charge in [0.2, 0.25) is 5.91 Å². The molecule has 1 rings (SSSR count). The molecule has 16 heavy (non-hydrogen) atoms. The van der Waals surface area contributed by atoms with Crippen LogP contribution in [-0.2, 0) is 4.79 Å². The highest BCUT2D eigenvalue weighted by Gasteiger charge is 2.21. The molecular formula is C13H26N2O. The van der Waals surface area contributed by atoms with Crippen molar-refractivity contribution < 1.29 is 4.79 Å². The van der Waals surface area contributed by atoms with Gasteiger partial charge in [-0.15, -0.1) is 0 Å². The van der Waals surface area contributed by atoms with Crippen molar-refractivity contribution in [2.45, 2.75) is 58.9 Å². The zero-order valence-corrected chi connectivity index (χ0v) is 10.9. The van der Waals surface area contributed by atoms with E-state index in [0.717, 1.165) is 6.42 Å². The molecule has 0 heterocycles. The van der Waals surface area contributed by atoms with Crippen molar-refractivity contribution >= 4 is 5.91 Å². The second-order valence-corrected chi connectivity index (χ2v) is 6.33. The summed E-state index contributed by atoms with van der Waals surface area (Å²) in [6.07, 6.45) is 5.38. The van der Waals surface area contributed by atoms with E-state index in [2.05, 4.69) is 26.1 Å². The first-order valence-corrected chi connectivity index (χ1v) is 6.39. The molecule has 0 aliphatic heterocycles. The Hall–Kier alpha value is -0.570. The molecule has 1 atom stereocenters. The molecule has 1 aliphatic rings. The molecule has 0 aromatic heterocycles. The molecule has 0 bridgehead atoms. The van der Waals surface area contributed by atoms with Crippen molar-refractivity contribution in [2.24, 2.45) is 17.1 Å². The van der Waals surface area contributed by atoms with Gasteiger partial charge in [-0.05, 0) is 30.6 Å². The lowest BCUT2D eigenvalue weighted by atomic mass is 9.83. The highest BCUT2D eigenvalue weighted by molar-refractivity contribution is 5.76. The van der Waals surface area contributed by atoms with Gasteiger partial charge in [0.25, 0.3) is 0 Å². The Morgan fingerprint density at radius 3 is 2.50 bits per heavy atom. The first-order valence-electron chi connectivity index (χ1n) is 6.39. The summed E-state index contributed by atoms with van der Waals surface area (Å²) < 4.78 is 0. The van der Waals surface area contributed by atoms with E-state index in [4.69, 9.17) is 5.73 Å². The predicted octanol–water partition coefficient (Wildman–Crippen LogP) is 2.06. The lowest BCUT2D eigenvalue weighted by molar-refractivity contribution is -0.122. The average molecular weight is 226 g/mol. The van der Waals surface area contributed by atoms with E-state index in [-0.39, 0.29) is 17.4 Å². The average Bonchev–Trinajstić information content (AvgIpc) is 2.05. The Balaban J connectivity index is 2.10. The molecule has 1 saturated carbocycles. The SMILES string of the molecule is CC(C)(C)CC(N)CNC(=O)CC1CCC1. The van der Waals surface area contributed by atoms with Gasteiger partial charge >= 0.3 is 0 Å². The molecule has 0 spiro atoms. The molecule has 3 N–H and O–H groups in total. The number of carbonyl (C=O) groups excluding carboxylic acids is 1. The first kappa shape index (κ1) is 13.5. The zero-order chi connectivity index (χ0) is 12.2. The second-order valence-electron chi connectivity index (χ2n) is 6.33. The molecular weight excluding hydrogens is 200 g/mol. The summed E-state index contributed by atoms with van der Waals surface area (Å²) >= 11 is 0. The maximum Gasteiger partial charge on any atom is 0.220 e. The Labute approximate surface area is 99.2 Å². The van der Waals surface area contributed by atoms with E-state index in [9.17, 15) is 4.79 Å². The van der Waals surface area contributed by atoms with Crippen LogP contribution in [0.3, 0.4) is 0 Å². The number of nitrogens with one attached hydrogen (secondary N) is 1. The Kier molecular flexibility index (Phi) is 4.78. The van der Waals surface area contributed by atoms with Gasteiger partial charge < -0.3 is 11.1 Å². The highest BCUT2D eigenvalue weighted by atomic mass is 16.1. The van der Waals surface area contributed by atoms with Crippen molar-refractivity contribution in [2.75, 3.05) is 6.54 Å². The van der Waals surface area contributed by atoms with E-state index in [1.807, 2.05) is 0 Å². The highest BCUT2D eigenvalue weighted by Crippen LogP contribution is 2.29. The Bertz CT molecular complexity index is 229. The van der Waals surface area contributed by atoms with E-state index in [1.54, 1.807) is 0 Å². The molecule has 3 heteroatoms. The van der Waals surface area contributed by atoms with Gasteiger partial charge in [-0.2, -0.15) is 0 Å². The smallest absolute Gasteiger partial charge is 0.220 e. The van der Waals surface area contributed by atoms with Crippen LogP contribution in [0, 0.1) is 11.3 Å². The maximum atomic E-state index is 11.5. The standard InChI is InChI=1S/C13H26N2O/c1-13(2,3)8-11(14)9-15-12(16)7-10-5-4-6-10/h10-11H,4-9,14H2,1-3H3,(H,15,16). The van der Waals surface area contributed by atoms with Gasteiger partial charge in [-0.1, -0.05) is 27.2 Å². The monoisotopic (exact) mass is 226 g/mol. The number of amides is 1. The van der Waals surface area contributed by atoms with Crippen molar-refractivity contribution in [1.82, 2.24) is 5.32 Å². The fourth-order valence-electron chi connectivity index (χ4n) is 2.13. The van der Waals surface area contributed by atoms with Crippen LogP contribution < -0.4 is 11.1 Å². The quantitative estimate of drug-likeness (QED) is 0.754. The van der Waals surface area contributed by atoms with Crippen LogP contribution in [0.15, 0.2) is 0 Å². The maximum absolute atomic E-state index is 11.5. The van der Waals surface area contributed by atoms with Gasteiger partial charge in [0, 0.05) is 19.0 Å². The van der Waals surface area contributed by atoms with Gasteiger partial charge in [0.05, 0.1) is 0 Å². The summed E-state index contributed by atoms with van der Waals surface area (Å²) in [6, 6.07) is 0.0744. The molecule has 1 fully saturated rings. The fourth-order valence-corrected chi connectivity index (χ4v) is 2.13. The third kappa shape index (κ3) is 5.50. The van der Waals surface area contributed by atoms with Crippen LogP contribution in [-0.4, -0.2) is 18.5 Å². The number of carbonyl (C=O) groups is 1. The lowest BCUT2D eigenvalue weighted by Crippen LogP contribution is -2.40. The summed E-state index contributed by atoms with van der Waals surface area (Å²) in [6.45, 7) is 7.12. The van der Waals surface area contributed by atoms with Gasteiger partial charge in [0.1, 0.15) is 0 Å². The van der Waals surface area contributed by atoms with Crippen LogP contribution in [0.2, 0.25) is 0 Å². The van der Waals surface area contributed by atoms with Crippen molar-refractivity contribution in [3.63, 3.8) is 0 Å². The van der Waals surface area contributed by atoms with E-state index in [1.165, 1.54) is 19.3 Å². The minimum atomic E-state index is 0.0744. The van der Waals surface area contributed by atoms with Crippen molar-refractivity contribution in [3.8, 4) is 0 Å². The van der Waals surface area contributed by atoms with Crippen molar-refractivity contribution in [3.05, 3.63) is 0 Å². The number of rotatable bonds is 5. The minimum Gasteiger partial charge on any atom is -0.355 e. The van der Waals surface area contributed by atoms with Crippen LogP contribution in [0.4, 0.5) is 0 Å². The molecule has 1 aliphatic carbocycles. The number of hydrogen-bond acceptors (Lipinski definition) is 2. The molecule has 0 aromatic rings. The van der Waals surface area contributed by atoms with Crippen LogP contribution >= 0.6 is 0 Å². The fraction of sp³-hybridized carbons (Fsp3) is 0.923. The summed E-state index contributed by atoms with van der Waals surface area (Å²) in [5.74, 6) is 0.813. The van der Waals surface area contributed by atoms with Gasteiger partial charge in [-0.3, -0.25) is 4.79 Å². The lowest BCUT2D eigenvalue weighted by Gasteiger charge is -2.26. The number of hydrogen-bond donors (Lipinski definition) is 2. The molecule has 94 valence electrons. The molecule has 1 unspecified atom stereocenters. The summed E-state index contributed by atoms with van der Waals surface area (Å²) in [7, 11) is 0. The third-order valence-corrected chi connectivity index (χ3v) is 3.13. The minimum absolute atomic E-state index is 0.0744. The van der Waals surface area contributed by atoms with Gasteiger partial charge in [-0.25, -0.2) is 0 Å². The van der Waals surface area contributed by atoms with E-state index >= 15 is 0 Å². The second kappa shape index (κ2) is 5.67. The molecule has 3 nitrogen and oxygen atoms in total. The topological polar surface area (TPSA) is 55.1 Å². The summed E-state index contributed by atoms with van der Waals surface area (Å²) in [4.78, 5) is 11.5. The normalized spacial score (nSPS) is 19.0. The van der Waals surface area contributed by atoms with Gasteiger partial charge in [0.15, 0.2) is 0 Å². The first-order chi connectivity index (χ1) is 7.37.